The van der Waals surface area contributed by atoms with Crippen LogP contribution in [0.25, 0.3) is 0 Å². The summed E-state index contributed by atoms with van der Waals surface area (Å²) in [5.74, 6) is 1.79. The van der Waals surface area contributed by atoms with Gasteiger partial charge in [-0.25, -0.2) is 0 Å². The molecule has 0 heterocycles. The summed E-state index contributed by atoms with van der Waals surface area (Å²) in [4.78, 5) is 0. The van der Waals surface area contributed by atoms with Crippen LogP contribution < -0.4 is 5.32 Å². The lowest BCUT2D eigenvalue weighted by Crippen LogP contribution is -2.43. The molecule has 5 heteroatoms. The van der Waals surface area contributed by atoms with Gasteiger partial charge in [0, 0.05) is 6.04 Å². The molecular weight excluding hydrogens is 255 g/mol. The van der Waals surface area contributed by atoms with Gasteiger partial charge < -0.3 is 10.1 Å². The van der Waals surface area contributed by atoms with E-state index in [1.54, 1.807) is 0 Å². The molecule has 2 nitrogen and oxygen atoms in total. The number of hydrogen-bond acceptors (Lipinski definition) is 2. The molecule has 1 aliphatic carbocycles. The largest absolute Gasteiger partial charge is 0.411 e. The Labute approximate surface area is 114 Å². The zero-order valence-corrected chi connectivity index (χ0v) is 12.1. The fourth-order valence-corrected chi connectivity index (χ4v) is 2.88. The number of halogens is 3. The zero-order chi connectivity index (χ0) is 14.5. The van der Waals surface area contributed by atoms with Crippen molar-refractivity contribution in [2.75, 3.05) is 19.8 Å². The van der Waals surface area contributed by atoms with Crippen LogP contribution in [0.2, 0.25) is 0 Å². The maximum absolute atomic E-state index is 12.1. The highest BCUT2D eigenvalue weighted by Crippen LogP contribution is 2.35. The molecule has 4 atom stereocenters. The Morgan fingerprint density at radius 2 is 1.89 bits per heavy atom. The molecule has 1 N–H and O–H groups in total. The molecule has 1 saturated carbocycles. The number of likely N-dealkylation sites (N-methyl/N-ethyl adjacent to an activating group) is 1. The van der Waals surface area contributed by atoms with Crippen molar-refractivity contribution in [3.05, 3.63) is 0 Å². The van der Waals surface area contributed by atoms with Crippen molar-refractivity contribution in [1.82, 2.24) is 5.32 Å². The Kier molecular flexibility index (Phi) is 6.60. The summed E-state index contributed by atoms with van der Waals surface area (Å²) in [7, 11) is 0. The molecule has 4 unspecified atom stereocenters. The molecule has 0 aromatic rings. The monoisotopic (exact) mass is 281 g/mol. The van der Waals surface area contributed by atoms with Crippen molar-refractivity contribution in [2.45, 2.75) is 52.3 Å². The Morgan fingerprint density at radius 3 is 2.42 bits per heavy atom. The summed E-state index contributed by atoms with van der Waals surface area (Å²) in [5, 5.41) is 3.28. The molecule has 1 rings (SSSR count). The lowest BCUT2D eigenvalue weighted by Gasteiger charge is -2.37. The molecule has 0 saturated heterocycles. The van der Waals surface area contributed by atoms with Crippen LogP contribution in [0.1, 0.15) is 40.0 Å². The van der Waals surface area contributed by atoms with Gasteiger partial charge >= 0.3 is 6.18 Å². The minimum atomic E-state index is -4.23. The molecule has 1 aliphatic rings. The lowest BCUT2D eigenvalue weighted by molar-refractivity contribution is -0.176. The fourth-order valence-electron chi connectivity index (χ4n) is 2.88. The summed E-state index contributed by atoms with van der Waals surface area (Å²) >= 11 is 0. The average Bonchev–Trinajstić information content (AvgIpc) is 2.30. The lowest BCUT2D eigenvalue weighted by atomic mass is 9.73. The maximum Gasteiger partial charge on any atom is 0.411 e. The summed E-state index contributed by atoms with van der Waals surface area (Å²) in [6.45, 7) is 6.23. The van der Waals surface area contributed by atoms with Gasteiger partial charge in [0.05, 0.1) is 6.61 Å². The van der Waals surface area contributed by atoms with Crippen LogP contribution in [-0.2, 0) is 4.74 Å². The van der Waals surface area contributed by atoms with E-state index in [0.717, 1.165) is 31.7 Å². The summed E-state index contributed by atoms with van der Waals surface area (Å²) in [5.41, 5.74) is 0. The van der Waals surface area contributed by atoms with E-state index in [0.29, 0.717) is 11.8 Å². The quantitative estimate of drug-likeness (QED) is 0.803. The Hall–Kier alpha value is -0.290. The van der Waals surface area contributed by atoms with Gasteiger partial charge in [0.1, 0.15) is 6.61 Å². The summed E-state index contributed by atoms with van der Waals surface area (Å²) in [6, 6.07) is 0.0438. The van der Waals surface area contributed by atoms with Gasteiger partial charge in [0.25, 0.3) is 0 Å². The number of hydrogen-bond donors (Lipinski definition) is 1. The van der Waals surface area contributed by atoms with Gasteiger partial charge in [-0.2, -0.15) is 13.2 Å². The number of ether oxygens (including phenoxy) is 1. The van der Waals surface area contributed by atoms with E-state index in [2.05, 4.69) is 19.2 Å². The Balaban J connectivity index is 2.43. The Bertz CT molecular complexity index is 258. The first-order chi connectivity index (χ1) is 8.83. The van der Waals surface area contributed by atoms with Gasteiger partial charge in [0.2, 0.25) is 0 Å². The first kappa shape index (κ1) is 16.8. The van der Waals surface area contributed by atoms with Crippen molar-refractivity contribution in [1.29, 1.82) is 0 Å². The molecule has 0 amide bonds. The normalized spacial score (nSPS) is 30.3. The SMILES string of the molecule is CCNC(COCC(F)(F)F)C1CCC(C)C(C)C1. The van der Waals surface area contributed by atoms with E-state index in [-0.39, 0.29) is 12.6 Å². The van der Waals surface area contributed by atoms with Crippen LogP contribution >= 0.6 is 0 Å². The molecule has 0 aliphatic heterocycles. The second kappa shape index (κ2) is 7.48. The molecule has 0 spiro atoms. The van der Waals surface area contributed by atoms with Crippen molar-refractivity contribution < 1.29 is 17.9 Å². The number of nitrogens with one attached hydrogen (secondary N) is 1. The second-order valence-corrected chi connectivity index (χ2v) is 5.82. The average molecular weight is 281 g/mol. The van der Waals surface area contributed by atoms with Crippen molar-refractivity contribution in [2.24, 2.45) is 17.8 Å². The van der Waals surface area contributed by atoms with E-state index in [9.17, 15) is 13.2 Å². The molecule has 1 fully saturated rings. The van der Waals surface area contributed by atoms with Gasteiger partial charge in [0.15, 0.2) is 0 Å². The number of alkyl halides is 3. The van der Waals surface area contributed by atoms with Crippen molar-refractivity contribution in [3.8, 4) is 0 Å². The molecule has 0 radical (unpaired) electrons. The van der Waals surface area contributed by atoms with E-state index in [1.807, 2.05) is 6.92 Å². The molecular formula is C14H26F3NO. The van der Waals surface area contributed by atoms with Gasteiger partial charge in [-0.05, 0) is 37.1 Å². The highest BCUT2D eigenvalue weighted by Gasteiger charge is 2.32. The first-order valence-corrected chi connectivity index (χ1v) is 7.21. The van der Waals surface area contributed by atoms with Crippen LogP contribution in [0.4, 0.5) is 13.2 Å². The van der Waals surface area contributed by atoms with Crippen molar-refractivity contribution >= 4 is 0 Å². The third kappa shape index (κ3) is 6.13. The van der Waals surface area contributed by atoms with E-state index < -0.39 is 12.8 Å². The fraction of sp³-hybridized carbons (Fsp3) is 1.00. The van der Waals surface area contributed by atoms with Gasteiger partial charge in [-0.1, -0.05) is 27.2 Å². The highest BCUT2D eigenvalue weighted by molar-refractivity contribution is 4.83. The summed E-state index contributed by atoms with van der Waals surface area (Å²) < 4.78 is 41.1. The standard InChI is InChI=1S/C14H26F3NO/c1-4-18-13(8-19-9-14(15,16)17)12-6-5-10(2)11(3)7-12/h10-13,18H,4-9H2,1-3H3. The molecule has 0 aromatic carbocycles. The van der Waals surface area contributed by atoms with Crippen LogP contribution in [0.5, 0.6) is 0 Å². The van der Waals surface area contributed by atoms with Crippen molar-refractivity contribution in [3.63, 3.8) is 0 Å². The first-order valence-electron chi connectivity index (χ1n) is 7.21. The van der Waals surface area contributed by atoms with Crippen LogP contribution in [0.3, 0.4) is 0 Å². The number of rotatable bonds is 6. The van der Waals surface area contributed by atoms with Crippen LogP contribution in [0.15, 0.2) is 0 Å². The van der Waals surface area contributed by atoms with E-state index >= 15 is 0 Å². The van der Waals surface area contributed by atoms with E-state index in [4.69, 9.17) is 4.74 Å². The van der Waals surface area contributed by atoms with Crippen LogP contribution in [0, 0.1) is 17.8 Å². The van der Waals surface area contributed by atoms with E-state index in [1.165, 1.54) is 0 Å². The highest BCUT2D eigenvalue weighted by atomic mass is 19.4. The second-order valence-electron chi connectivity index (χ2n) is 5.82. The molecule has 0 bridgehead atoms. The summed E-state index contributed by atoms with van der Waals surface area (Å²) in [6.07, 6.45) is -0.912. The topological polar surface area (TPSA) is 21.3 Å². The smallest absolute Gasteiger partial charge is 0.370 e. The molecule has 0 aromatic heterocycles. The minimum absolute atomic E-state index is 0.0438. The van der Waals surface area contributed by atoms with Gasteiger partial charge in [-0.3, -0.25) is 0 Å². The predicted molar refractivity (Wildman–Crippen MR) is 70.0 cm³/mol. The minimum Gasteiger partial charge on any atom is -0.370 e. The van der Waals surface area contributed by atoms with Crippen LogP contribution in [-0.4, -0.2) is 32.0 Å². The van der Waals surface area contributed by atoms with Gasteiger partial charge in [-0.15, -0.1) is 0 Å². The molecule has 114 valence electrons. The third-order valence-corrected chi connectivity index (χ3v) is 4.24. The predicted octanol–water partition coefficient (Wildman–Crippen LogP) is 3.62. The zero-order valence-electron chi connectivity index (χ0n) is 12.1. The maximum atomic E-state index is 12.1. The third-order valence-electron chi connectivity index (χ3n) is 4.24. The molecule has 19 heavy (non-hydrogen) atoms. The Morgan fingerprint density at radius 1 is 1.21 bits per heavy atom.